The van der Waals surface area contributed by atoms with Crippen LogP contribution < -0.4 is 19.7 Å². The zero-order valence-corrected chi connectivity index (χ0v) is 24.6. The quantitative estimate of drug-likeness (QED) is 0.319. The van der Waals surface area contributed by atoms with Crippen molar-refractivity contribution in [3.8, 4) is 28.4 Å². The van der Waals surface area contributed by atoms with Gasteiger partial charge in [0.05, 0.1) is 28.5 Å². The summed E-state index contributed by atoms with van der Waals surface area (Å²) in [6, 6.07) is 23.8. The Morgan fingerprint density at radius 1 is 1.05 bits per heavy atom. The minimum Gasteiger partial charge on any atom is -0.454 e. The van der Waals surface area contributed by atoms with Crippen molar-refractivity contribution in [2.75, 3.05) is 37.1 Å². The highest BCUT2D eigenvalue weighted by Gasteiger charge is 2.38. The van der Waals surface area contributed by atoms with E-state index in [2.05, 4.69) is 5.32 Å². The Morgan fingerprint density at radius 2 is 1.86 bits per heavy atom. The van der Waals surface area contributed by atoms with Crippen LogP contribution in [0, 0.1) is 6.92 Å². The third-order valence-corrected chi connectivity index (χ3v) is 9.29. The number of rotatable bonds is 7. The molecule has 0 bridgehead atoms. The van der Waals surface area contributed by atoms with Crippen molar-refractivity contribution in [2.45, 2.75) is 31.1 Å². The number of nitrogens with zero attached hydrogens (tertiary/aromatic N) is 3. The van der Waals surface area contributed by atoms with E-state index >= 15 is 0 Å². The maximum Gasteiger partial charge on any atom is 0.240 e. The molecule has 2 atom stereocenters. The summed E-state index contributed by atoms with van der Waals surface area (Å²) in [5.74, 6) is 1.76. The lowest BCUT2D eigenvalue weighted by Crippen LogP contribution is -2.44. The normalized spacial score (nSPS) is 19.3. The fourth-order valence-corrected chi connectivity index (χ4v) is 7.06. The maximum absolute atomic E-state index is 14.0. The van der Waals surface area contributed by atoms with E-state index in [-0.39, 0.29) is 42.3 Å². The van der Waals surface area contributed by atoms with E-state index in [9.17, 15) is 9.59 Å². The molecular formula is C33H32N4O5S. The van der Waals surface area contributed by atoms with Crippen molar-refractivity contribution in [1.82, 2.24) is 15.1 Å². The van der Waals surface area contributed by atoms with Crippen LogP contribution in [0.3, 0.4) is 0 Å². The first-order chi connectivity index (χ1) is 21.1. The molecule has 2 amide bonds. The topological polar surface area (TPSA) is 94.9 Å². The first-order valence-electron chi connectivity index (χ1n) is 14.5. The number of amides is 2. The van der Waals surface area contributed by atoms with E-state index in [1.807, 2.05) is 84.4 Å². The summed E-state index contributed by atoms with van der Waals surface area (Å²) in [6.45, 7) is 3.21. The fourth-order valence-electron chi connectivity index (χ4n) is 5.87. The number of carbonyl (C=O) groups excluding carboxylic acids is 2. The third-order valence-electron chi connectivity index (χ3n) is 8.03. The molecule has 0 radical (unpaired) electrons. The maximum atomic E-state index is 14.0. The van der Waals surface area contributed by atoms with Gasteiger partial charge in [0, 0.05) is 24.3 Å². The van der Waals surface area contributed by atoms with Crippen LogP contribution in [-0.4, -0.2) is 59.9 Å². The van der Waals surface area contributed by atoms with Crippen LogP contribution in [0.25, 0.3) is 16.9 Å². The molecule has 3 aliphatic rings. The van der Waals surface area contributed by atoms with Gasteiger partial charge in [-0.3, -0.25) is 14.5 Å². The molecule has 1 saturated heterocycles. The molecule has 1 N–H and O–H groups in total. The molecular weight excluding hydrogens is 564 g/mol. The highest BCUT2D eigenvalue weighted by molar-refractivity contribution is 8.00. The van der Waals surface area contributed by atoms with Crippen molar-refractivity contribution < 1.29 is 23.8 Å². The number of thioether (sulfide) groups is 1. The zero-order chi connectivity index (χ0) is 29.3. The van der Waals surface area contributed by atoms with Crippen molar-refractivity contribution in [3.63, 3.8) is 0 Å². The second kappa shape index (κ2) is 11.8. The van der Waals surface area contributed by atoms with Crippen LogP contribution in [0.15, 0.2) is 72.8 Å². The van der Waals surface area contributed by atoms with E-state index in [4.69, 9.17) is 19.3 Å². The van der Waals surface area contributed by atoms with Gasteiger partial charge in [-0.1, -0.05) is 54.6 Å². The van der Waals surface area contributed by atoms with Crippen molar-refractivity contribution in [3.05, 3.63) is 89.5 Å². The lowest BCUT2D eigenvalue weighted by Gasteiger charge is -2.24. The number of benzene rings is 3. The highest BCUT2D eigenvalue weighted by Crippen LogP contribution is 2.50. The number of hydrogen-bond acceptors (Lipinski definition) is 7. The van der Waals surface area contributed by atoms with Gasteiger partial charge in [0.25, 0.3) is 0 Å². The molecule has 43 heavy (non-hydrogen) atoms. The number of ether oxygens (including phenoxy) is 3. The number of para-hydroxylation sites is 1. The van der Waals surface area contributed by atoms with E-state index in [0.717, 1.165) is 46.5 Å². The van der Waals surface area contributed by atoms with Crippen LogP contribution >= 0.6 is 11.8 Å². The van der Waals surface area contributed by atoms with Gasteiger partial charge in [-0.2, -0.15) is 5.10 Å². The number of aromatic nitrogens is 2. The third kappa shape index (κ3) is 5.36. The van der Waals surface area contributed by atoms with E-state index in [0.29, 0.717) is 30.5 Å². The molecule has 1 fully saturated rings. The Balaban J connectivity index is 1.39. The van der Waals surface area contributed by atoms with Crippen molar-refractivity contribution in [1.29, 1.82) is 0 Å². The van der Waals surface area contributed by atoms with E-state index < -0.39 is 0 Å². The number of nitrogens with one attached hydrogen (secondary N) is 1. The van der Waals surface area contributed by atoms with Gasteiger partial charge in [0.2, 0.25) is 18.6 Å². The number of aryl methyl sites for hydroxylation is 1. The molecule has 10 heteroatoms. The second-order valence-electron chi connectivity index (χ2n) is 10.9. The van der Waals surface area contributed by atoms with Crippen molar-refractivity contribution >= 4 is 29.4 Å². The first-order valence-corrected chi connectivity index (χ1v) is 15.6. The summed E-state index contributed by atoms with van der Waals surface area (Å²) in [6.07, 6.45) is 1.92. The number of anilines is 1. The first kappa shape index (κ1) is 27.5. The van der Waals surface area contributed by atoms with E-state index in [1.54, 1.807) is 4.90 Å². The highest BCUT2D eigenvalue weighted by atomic mass is 32.2. The van der Waals surface area contributed by atoms with Crippen LogP contribution in [0.2, 0.25) is 0 Å². The summed E-state index contributed by atoms with van der Waals surface area (Å²) in [7, 11) is 0. The number of hydrogen-bond donors (Lipinski definition) is 1. The monoisotopic (exact) mass is 596 g/mol. The predicted octanol–water partition coefficient (Wildman–Crippen LogP) is 5.04. The van der Waals surface area contributed by atoms with Gasteiger partial charge in [0.15, 0.2) is 11.5 Å². The molecule has 3 aliphatic heterocycles. The van der Waals surface area contributed by atoms with Crippen molar-refractivity contribution in [2.24, 2.45) is 0 Å². The van der Waals surface area contributed by atoms with Crippen LogP contribution in [-0.2, 0) is 14.3 Å². The molecule has 0 spiro atoms. The van der Waals surface area contributed by atoms with Gasteiger partial charge in [0.1, 0.15) is 12.4 Å². The molecule has 4 aromatic rings. The largest absolute Gasteiger partial charge is 0.454 e. The zero-order valence-electron chi connectivity index (χ0n) is 23.8. The molecule has 7 rings (SSSR count). The number of carbonyl (C=O) groups is 2. The smallest absolute Gasteiger partial charge is 0.240 e. The van der Waals surface area contributed by atoms with Crippen LogP contribution in [0.4, 0.5) is 5.82 Å². The summed E-state index contributed by atoms with van der Waals surface area (Å²) >= 11 is 1.53. The average Bonchev–Trinajstić information content (AvgIpc) is 3.78. The summed E-state index contributed by atoms with van der Waals surface area (Å²) in [5.41, 5.74) is 5.36. The standard InChI is InChI=1S/C33H32N4O5S/c1-21-8-5-6-12-25(21)37-33-30(31(35-37)22-9-3-2-4-10-22)32(23-13-14-26-27(16-23)42-20-41-26)43-19-29(39)36(33)18-28(38)34-17-24-11-7-15-40-24/h2-6,8-10,12-14,16,24,32H,7,11,15,17-20H2,1H3,(H,34,38)/t24-,32+/m0/s1. The van der Waals surface area contributed by atoms with Gasteiger partial charge >= 0.3 is 0 Å². The molecule has 3 aromatic carbocycles. The lowest BCUT2D eigenvalue weighted by molar-refractivity contribution is -0.123. The molecule has 1 aromatic heterocycles. The Labute approximate surface area is 254 Å². The SMILES string of the molecule is Cc1ccccc1-n1nc(-c2ccccc2)c2c1N(CC(=O)NC[C@@H]1CCCO1)C(=O)CS[C@@H]2c1ccc2c(c1)OCO2. The minimum absolute atomic E-state index is 0.00692. The summed E-state index contributed by atoms with van der Waals surface area (Å²) in [5, 5.41) is 7.92. The summed E-state index contributed by atoms with van der Waals surface area (Å²) in [4.78, 5) is 28.9. The molecule has 220 valence electrons. The molecule has 4 heterocycles. The lowest BCUT2D eigenvalue weighted by atomic mass is 9.99. The van der Waals surface area contributed by atoms with Crippen LogP contribution in [0.1, 0.15) is 34.8 Å². The van der Waals surface area contributed by atoms with Crippen LogP contribution in [0.5, 0.6) is 11.5 Å². The Kier molecular flexibility index (Phi) is 7.54. The number of fused-ring (bicyclic) bond motifs is 2. The molecule has 9 nitrogen and oxygen atoms in total. The Bertz CT molecular complexity index is 1670. The predicted molar refractivity (Wildman–Crippen MR) is 165 cm³/mol. The minimum atomic E-state index is -0.263. The van der Waals surface area contributed by atoms with Gasteiger partial charge in [-0.25, -0.2) is 4.68 Å². The van der Waals surface area contributed by atoms with Gasteiger partial charge in [-0.15, -0.1) is 11.8 Å². The molecule has 0 unspecified atom stereocenters. The Hall–Kier alpha value is -4.28. The average molecular weight is 597 g/mol. The fraction of sp³-hybridized carbons (Fsp3) is 0.303. The Morgan fingerprint density at radius 3 is 2.67 bits per heavy atom. The molecule has 0 saturated carbocycles. The van der Waals surface area contributed by atoms with Gasteiger partial charge < -0.3 is 19.5 Å². The van der Waals surface area contributed by atoms with Gasteiger partial charge in [-0.05, 0) is 49.1 Å². The van der Waals surface area contributed by atoms with E-state index in [1.165, 1.54) is 11.8 Å². The second-order valence-corrected chi connectivity index (χ2v) is 12.0. The molecule has 0 aliphatic carbocycles. The summed E-state index contributed by atoms with van der Waals surface area (Å²) < 4.78 is 18.8.